The Morgan fingerprint density at radius 3 is 2.45 bits per heavy atom. The molecule has 0 heterocycles. The Morgan fingerprint density at radius 2 is 1.91 bits per heavy atom. The van der Waals surface area contributed by atoms with Gasteiger partial charge >= 0.3 is 0 Å². The van der Waals surface area contributed by atoms with Gasteiger partial charge in [-0.1, -0.05) is 0 Å². The molecule has 1 rings (SSSR count). The van der Waals surface area contributed by atoms with Gasteiger partial charge in [-0.2, -0.15) is 0 Å². The fourth-order valence-electron chi connectivity index (χ4n) is 0.679. The molecule has 0 aliphatic rings. The van der Waals surface area contributed by atoms with Crippen LogP contribution in [0, 0.1) is 7.14 Å². The van der Waals surface area contributed by atoms with Crippen LogP contribution < -0.4 is 0 Å². The van der Waals surface area contributed by atoms with Gasteiger partial charge in [-0.25, -0.2) is 0 Å². The fourth-order valence-corrected chi connectivity index (χ4v) is 2.93. The Morgan fingerprint density at radius 1 is 1.27 bits per heavy atom. The predicted molar refractivity (Wildman–Crippen MR) is 65.3 cm³/mol. The lowest BCUT2D eigenvalue weighted by atomic mass is 10.3. The number of phenolic OH excluding ortho intramolecular Hbond substituents is 1. The number of thioether (sulfide) groups is 1. The van der Waals surface area contributed by atoms with Crippen LogP contribution >= 0.6 is 56.9 Å². The van der Waals surface area contributed by atoms with Crippen LogP contribution in [0.25, 0.3) is 0 Å². The average molecular weight is 392 g/mol. The average Bonchev–Trinajstić information content (AvgIpc) is 2.01. The molecule has 1 aromatic rings. The van der Waals surface area contributed by atoms with Crippen molar-refractivity contribution < 1.29 is 5.11 Å². The smallest absolute Gasteiger partial charge is 0.130 e. The van der Waals surface area contributed by atoms with Crippen molar-refractivity contribution in [3.8, 4) is 5.75 Å². The van der Waals surface area contributed by atoms with Crippen molar-refractivity contribution in [1.82, 2.24) is 0 Å². The Balaban J connectivity index is 3.25. The zero-order chi connectivity index (χ0) is 8.43. The van der Waals surface area contributed by atoms with E-state index in [9.17, 15) is 5.11 Å². The number of hydrogen-bond donors (Lipinski definition) is 1. The molecule has 1 N–H and O–H groups in total. The molecule has 1 aromatic carbocycles. The first-order valence-corrected chi connectivity index (χ1v) is 6.26. The van der Waals surface area contributed by atoms with E-state index in [0.29, 0.717) is 5.75 Å². The Hall–Kier alpha value is 0.830. The fraction of sp³-hybridized carbons (Fsp3) is 0.143. The summed E-state index contributed by atoms with van der Waals surface area (Å²) in [6.45, 7) is 0. The van der Waals surface area contributed by atoms with Crippen LogP contribution in [0.3, 0.4) is 0 Å². The Bertz CT molecular complexity index is 275. The van der Waals surface area contributed by atoms with E-state index in [1.165, 1.54) is 4.90 Å². The van der Waals surface area contributed by atoms with Crippen molar-refractivity contribution in [3.63, 3.8) is 0 Å². The molecule has 1 nitrogen and oxygen atoms in total. The van der Waals surface area contributed by atoms with Crippen LogP contribution in [0.2, 0.25) is 0 Å². The minimum Gasteiger partial charge on any atom is -0.507 e. The highest BCUT2D eigenvalue weighted by Crippen LogP contribution is 2.31. The predicted octanol–water partition coefficient (Wildman–Crippen LogP) is 3.32. The minimum absolute atomic E-state index is 0.368. The molecule has 0 radical (unpaired) electrons. The van der Waals surface area contributed by atoms with Gasteiger partial charge in [0.05, 0.1) is 3.57 Å². The van der Waals surface area contributed by atoms with Crippen LogP contribution in [0.15, 0.2) is 17.0 Å². The van der Waals surface area contributed by atoms with Crippen LogP contribution in [0.1, 0.15) is 0 Å². The first-order valence-electron chi connectivity index (χ1n) is 2.87. The lowest BCUT2D eigenvalue weighted by Gasteiger charge is -2.03. The lowest BCUT2D eigenvalue weighted by molar-refractivity contribution is 0.470. The summed E-state index contributed by atoms with van der Waals surface area (Å²) in [6, 6.07) is 3.67. The number of rotatable bonds is 1. The monoisotopic (exact) mass is 392 g/mol. The van der Waals surface area contributed by atoms with Gasteiger partial charge in [0, 0.05) is 8.47 Å². The lowest BCUT2D eigenvalue weighted by Crippen LogP contribution is -1.83. The van der Waals surface area contributed by atoms with E-state index >= 15 is 0 Å². The third-order valence-electron chi connectivity index (χ3n) is 1.25. The molecule has 0 amide bonds. The van der Waals surface area contributed by atoms with Gasteiger partial charge in [-0.3, -0.25) is 0 Å². The molecule has 0 unspecified atom stereocenters. The zero-order valence-electron chi connectivity index (χ0n) is 5.77. The quantitative estimate of drug-likeness (QED) is 0.585. The van der Waals surface area contributed by atoms with Crippen molar-refractivity contribution in [1.29, 1.82) is 0 Å². The van der Waals surface area contributed by atoms with E-state index < -0.39 is 0 Å². The van der Waals surface area contributed by atoms with E-state index in [2.05, 4.69) is 45.2 Å². The summed E-state index contributed by atoms with van der Waals surface area (Å²) < 4.78 is 2.07. The van der Waals surface area contributed by atoms with E-state index in [1.807, 2.05) is 12.3 Å². The number of aromatic hydroxyl groups is 1. The van der Waals surface area contributed by atoms with Crippen molar-refractivity contribution in [3.05, 3.63) is 19.3 Å². The van der Waals surface area contributed by atoms with Crippen LogP contribution in [-0.4, -0.2) is 11.4 Å². The van der Waals surface area contributed by atoms with Gasteiger partial charge in [0.25, 0.3) is 0 Å². The second-order valence-corrected chi connectivity index (χ2v) is 4.92. The zero-order valence-corrected chi connectivity index (χ0v) is 10.9. The molecule has 11 heavy (non-hydrogen) atoms. The second kappa shape index (κ2) is 4.18. The summed E-state index contributed by atoms with van der Waals surface area (Å²) in [5, 5.41) is 9.30. The number of halogens is 2. The van der Waals surface area contributed by atoms with E-state index in [0.717, 1.165) is 7.14 Å². The van der Waals surface area contributed by atoms with Gasteiger partial charge in [0.2, 0.25) is 0 Å². The van der Waals surface area contributed by atoms with Gasteiger partial charge in [-0.05, 0) is 63.6 Å². The molecule has 0 spiro atoms. The third-order valence-corrected chi connectivity index (χ3v) is 5.64. The summed E-state index contributed by atoms with van der Waals surface area (Å²) in [6.07, 6.45) is 2.03. The molecular formula is C7H6I2OS. The van der Waals surface area contributed by atoms with Crippen molar-refractivity contribution in [2.75, 3.05) is 6.26 Å². The van der Waals surface area contributed by atoms with Crippen LogP contribution in [-0.2, 0) is 0 Å². The SMILES string of the molecule is CSc1ccc(O)c(I)c1I. The second-order valence-electron chi connectivity index (χ2n) is 1.91. The molecule has 4 heteroatoms. The third kappa shape index (κ3) is 2.15. The number of phenols is 1. The summed E-state index contributed by atoms with van der Waals surface area (Å²) in [7, 11) is 0. The van der Waals surface area contributed by atoms with Gasteiger partial charge in [-0.15, -0.1) is 11.8 Å². The Kier molecular flexibility index (Phi) is 3.76. The van der Waals surface area contributed by atoms with Crippen LogP contribution in [0.5, 0.6) is 5.75 Å². The molecule has 0 fully saturated rings. The molecule has 0 aliphatic heterocycles. The number of hydrogen-bond acceptors (Lipinski definition) is 2. The highest BCUT2D eigenvalue weighted by atomic mass is 127. The molecule has 0 bridgehead atoms. The molecule has 0 aliphatic carbocycles. The maximum absolute atomic E-state index is 9.30. The molecule has 0 saturated carbocycles. The van der Waals surface area contributed by atoms with E-state index in [1.54, 1.807) is 17.8 Å². The Labute approximate surface area is 97.2 Å². The van der Waals surface area contributed by atoms with Gasteiger partial charge in [0.1, 0.15) is 5.75 Å². The molecule has 60 valence electrons. The van der Waals surface area contributed by atoms with E-state index in [-0.39, 0.29) is 0 Å². The maximum Gasteiger partial charge on any atom is 0.130 e. The molecular weight excluding hydrogens is 386 g/mol. The molecule has 0 atom stereocenters. The summed E-state index contributed by atoms with van der Waals surface area (Å²) >= 11 is 6.08. The molecule has 0 saturated heterocycles. The van der Waals surface area contributed by atoms with Crippen molar-refractivity contribution in [2.24, 2.45) is 0 Å². The van der Waals surface area contributed by atoms with E-state index in [4.69, 9.17) is 0 Å². The van der Waals surface area contributed by atoms with Gasteiger partial charge in [0.15, 0.2) is 0 Å². The topological polar surface area (TPSA) is 20.2 Å². The number of benzene rings is 1. The highest BCUT2D eigenvalue weighted by Gasteiger charge is 2.06. The summed E-state index contributed by atoms with van der Waals surface area (Å²) in [4.78, 5) is 1.22. The first kappa shape index (κ1) is 9.91. The normalized spacial score (nSPS) is 10.1. The minimum atomic E-state index is 0.368. The first-order chi connectivity index (χ1) is 5.16. The maximum atomic E-state index is 9.30. The highest BCUT2D eigenvalue weighted by molar-refractivity contribution is 14.1. The van der Waals surface area contributed by atoms with Crippen molar-refractivity contribution >= 4 is 56.9 Å². The van der Waals surface area contributed by atoms with Crippen molar-refractivity contribution in [2.45, 2.75) is 4.90 Å². The largest absolute Gasteiger partial charge is 0.507 e. The summed E-state index contributed by atoms with van der Waals surface area (Å²) in [5.41, 5.74) is 0. The summed E-state index contributed by atoms with van der Waals surface area (Å²) in [5.74, 6) is 0.368. The van der Waals surface area contributed by atoms with Gasteiger partial charge < -0.3 is 5.11 Å². The molecule has 0 aromatic heterocycles. The van der Waals surface area contributed by atoms with Crippen LogP contribution in [0.4, 0.5) is 0 Å². The standard InChI is InChI=1S/C7H6I2OS/c1-11-5-3-2-4(10)6(8)7(5)9/h2-3,10H,1H3.